The van der Waals surface area contributed by atoms with Gasteiger partial charge in [-0.15, -0.1) is 33.6 Å². The summed E-state index contributed by atoms with van der Waals surface area (Å²) in [5, 5.41) is 23.6. The van der Waals surface area contributed by atoms with Gasteiger partial charge in [0.15, 0.2) is 11.6 Å². The van der Waals surface area contributed by atoms with Gasteiger partial charge in [0.25, 0.3) is 0 Å². The number of hydrogen-bond acceptors (Lipinski definition) is 9. The van der Waals surface area contributed by atoms with Crippen LogP contribution in [0.1, 0.15) is 40.5 Å². The average Bonchev–Trinajstić information content (AvgIpc) is 3.42. The molecule has 43 heavy (non-hydrogen) atoms. The lowest BCUT2D eigenvalue weighted by atomic mass is 9.98. The molecule has 0 bridgehead atoms. The first-order valence-corrected chi connectivity index (χ1v) is 14.3. The topological polar surface area (TPSA) is 122 Å². The molecule has 5 rings (SSSR count). The number of carbonyl (C=O) groups is 2. The summed E-state index contributed by atoms with van der Waals surface area (Å²) in [5.74, 6) is 0.136. The number of alkyl halides is 3. The summed E-state index contributed by atoms with van der Waals surface area (Å²) in [6.45, 7) is 3.41. The second-order valence-corrected chi connectivity index (χ2v) is 11.1. The first-order chi connectivity index (χ1) is 20.6. The van der Waals surface area contributed by atoms with Crippen LogP contribution in [-0.4, -0.2) is 51.7 Å². The highest BCUT2D eigenvalue weighted by atomic mass is 32.1. The van der Waals surface area contributed by atoms with Crippen LogP contribution in [0.15, 0.2) is 60.7 Å². The predicted molar refractivity (Wildman–Crippen MR) is 155 cm³/mol. The van der Waals surface area contributed by atoms with E-state index in [1.807, 2.05) is 31.2 Å². The number of anilines is 3. The molecule has 2 amide bonds. The normalized spacial score (nSPS) is 13.9. The number of aromatic nitrogens is 4. The molecule has 3 heterocycles. The number of nitrogens with zero attached hydrogens (tertiary/aromatic N) is 5. The Balaban J connectivity index is 1.08. The number of ether oxygens (including phenoxy) is 1. The quantitative estimate of drug-likeness (QED) is 0.262. The van der Waals surface area contributed by atoms with E-state index in [9.17, 15) is 22.8 Å². The molecule has 0 atom stereocenters. The summed E-state index contributed by atoms with van der Waals surface area (Å²) >= 11 is 1.39. The Morgan fingerprint density at radius 1 is 0.930 bits per heavy atom. The minimum atomic E-state index is -4.81. The maximum atomic E-state index is 12.5. The van der Waals surface area contributed by atoms with E-state index in [2.05, 4.69) is 40.7 Å². The van der Waals surface area contributed by atoms with Gasteiger partial charge in [-0.3, -0.25) is 9.59 Å². The Kier molecular flexibility index (Phi) is 9.14. The van der Waals surface area contributed by atoms with Gasteiger partial charge < -0.3 is 20.3 Å². The molecule has 1 aliphatic heterocycles. The van der Waals surface area contributed by atoms with Crippen LogP contribution in [0, 0.1) is 6.92 Å². The second-order valence-electron chi connectivity index (χ2n) is 10.1. The molecule has 0 aliphatic carbocycles. The smallest absolute Gasteiger partial charge is 0.406 e. The first kappa shape index (κ1) is 29.9. The first-order valence-electron chi connectivity index (χ1n) is 13.5. The maximum absolute atomic E-state index is 12.5. The van der Waals surface area contributed by atoms with Crippen molar-refractivity contribution in [3.63, 3.8) is 0 Å². The fourth-order valence-corrected chi connectivity index (χ4v) is 5.66. The molecule has 4 aromatic rings. The van der Waals surface area contributed by atoms with Crippen molar-refractivity contribution in [2.45, 2.75) is 44.9 Å². The van der Waals surface area contributed by atoms with E-state index in [1.165, 1.54) is 29.5 Å². The van der Waals surface area contributed by atoms with E-state index in [1.54, 1.807) is 12.1 Å². The lowest BCUT2D eigenvalue weighted by molar-refractivity contribution is -0.274. The van der Waals surface area contributed by atoms with Crippen molar-refractivity contribution in [2.24, 2.45) is 0 Å². The third kappa shape index (κ3) is 8.47. The number of rotatable bonds is 9. The van der Waals surface area contributed by atoms with Gasteiger partial charge in [0.2, 0.25) is 16.9 Å². The Labute approximate surface area is 249 Å². The molecule has 0 unspecified atom stereocenters. The summed E-state index contributed by atoms with van der Waals surface area (Å²) in [7, 11) is 0. The predicted octanol–water partition coefficient (Wildman–Crippen LogP) is 5.28. The van der Waals surface area contributed by atoms with E-state index in [0.717, 1.165) is 48.1 Å². The molecule has 2 aromatic heterocycles. The highest BCUT2D eigenvalue weighted by Gasteiger charge is 2.31. The highest BCUT2D eigenvalue weighted by molar-refractivity contribution is 7.15. The molecule has 14 heteroatoms. The number of amides is 2. The Morgan fingerprint density at radius 2 is 1.70 bits per heavy atom. The van der Waals surface area contributed by atoms with Gasteiger partial charge in [-0.1, -0.05) is 47.7 Å². The van der Waals surface area contributed by atoms with E-state index < -0.39 is 18.0 Å². The van der Waals surface area contributed by atoms with Crippen molar-refractivity contribution in [3.05, 3.63) is 82.4 Å². The van der Waals surface area contributed by atoms with Crippen molar-refractivity contribution in [1.82, 2.24) is 20.4 Å². The van der Waals surface area contributed by atoms with Crippen LogP contribution in [0.25, 0.3) is 0 Å². The molecular formula is C29H28F3N7O3S. The minimum absolute atomic E-state index is 0.130. The van der Waals surface area contributed by atoms with Crippen LogP contribution in [0.2, 0.25) is 0 Å². The van der Waals surface area contributed by atoms with Crippen molar-refractivity contribution >= 4 is 39.9 Å². The average molecular weight is 612 g/mol. The Morgan fingerprint density at radius 3 is 2.42 bits per heavy atom. The lowest BCUT2D eigenvalue weighted by Crippen LogP contribution is -2.33. The highest BCUT2D eigenvalue weighted by Crippen LogP contribution is 2.33. The number of aryl methyl sites for hydroxylation is 1. The number of hydrogen-bond donors (Lipinski definition) is 2. The standard InChI is InChI=1S/C29H28F3N7O3S/c1-18-5-2-3-7-21(18)17-26(41)34-28-38-37-27(43-28)20-11-13-39(14-12-20)24-10-9-23(35-36-24)33-25(40)16-19-6-4-8-22(15-19)42-29(30,31)32/h2-10,15,20H,11-14,16-17H2,1H3,(H,33,35,40)(H,34,38,41). The summed E-state index contributed by atoms with van der Waals surface area (Å²) < 4.78 is 41.3. The number of carbonyl (C=O) groups excluding carboxylic acids is 2. The largest absolute Gasteiger partial charge is 0.573 e. The molecule has 1 aliphatic rings. The van der Waals surface area contributed by atoms with Gasteiger partial charge >= 0.3 is 6.36 Å². The molecule has 10 nitrogen and oxygen atoms in total. The monoisotopic (exact) mass is 611 g/mol. The molecule has 0 spiro atoms. The number of halogens is 3. The third-order valence-corrected chi connectivity index (χ3v) is 7.88. The van der Waals surface area contributed by atoms with E-state index in [0.29, 0.717) is 16.5 Å². The van der Waals surface area contributed by atoms with Crippen LogP contribution in [0.5, 0.6) is 5.75 Å². The fraction of sp³-hybridized carbons (Fsp3) is 0.310. The van der Waals surface area contributed by atoms with Gasteiger partial charge in [0.05, 0.1) is 12.8 Å². The summed E-state index contributed by atoms with van der Waals surface area (Å²) in [5.41, 5.74) is 2.40. The SMILES string of the molecule is Cc1ccccc1CC(=O)Nc1nnc(C2CCN(c3ccc(NC(=O)Cc4cccc(OC(F)(F)F)c4)nn3)CC2)s1. The third-order valence-electron chi connectivity index (χ3n) is 6.88. The van der Waals surface area contributed by atoms with Crippen molar-refractivity contribution in [2.75, 3.05) is 28.6 Å². The molecule has 1 saturated heterocycles. The van der Waals surface area contributed by atoms with Crippen LogP contribution in [-0.2, 0) is 22.4 Å². The Hall–Kier alpha value is -4.59. The summed E-state index contributed by atoms with van der Waals surface area (Å²) in [6, 6.07) is 16.4. The summed E-state index contributed by atoms with van der Waals surface area (Å²) in [6.07, 6.45) is -3.05. The zero-order chi connectivity index (χ0) is 30.4. The van der Waals surface area contributed by atoms with Gasteiger partial charge in [-0.2, -0.15) is 0 Å². The van der Waals surface area contributed by atoms with Crippen molar-refractivity contribution in [1.29, 1.82) is 0 Å². The van der Waals surface area contributed by atoms with Crippen LogP contribution in [0.4, 0.5) is 29.9 Å². The lowest BCUT2D eigenvalue weighted by Gasteiger charge is -2.31. The second kappa shape index (κ2) is 13.2. The van der Waals surface area contributed by atoms with Gasteiger partial charge in [0.1, 0.15) is 10.8 Å². The molecule has 2 aromatic carbocycles. The molecule has 2 N–H and O–H groups in total. The number of piperidine rings is 1. The fourth-order valence-electron chi connectivity index (χ4n) is 4.74. The minimum Gasteiger partial charge on any atom is -0.406 e. The zero-order valence-corrected chi connectivity index (χ0v) is 23.9. The van der Waals surface area contributed by atoms with Crippen LogP contribution in [0.3, 0.4) is 0 Å². The van der Waals surface area contributed by atoms with Crippen molar-refractivity contribution < 1.29 is 27.5 Å². The molecule has 224 valence electrons. The Bertz CT molecular complexity index is 1570. The molecule has 0 radical (unpaired) electrons. The molecule has 1 fully saturated rings. The maximum Gasteiger partial charge on any atom is 0.573 e. The number of benzene rings is 2. The molecular weight excluding hydrogens is 583 g/mol. The molecule has 0 saturated carbocycles. The zero-order valence-electron chi connectivity index (χ0n) is 23.1. The van der Waals surface area contributed by atoms with E-state index in [-0.39, 0.29) is 30.5 Å². The summed E-state index contributed by atoms with van der Waals surface area (Å²) in [4.78, 5) is 27.0. The van der Waals surface area contributed by atoms with Gasteiger partial charge in [-0.05, 0) is 60.7 Å². The van der Waals surface area contributed by atoms with Gasteiger partial charge in [0, 0.05) is 19.0 Å². The van der Waals surface area contributed by atoms with E-state index in [4.69, 9.17) is 0 Å². The van der Waals surface area contributed by atoms with E-state index >= 15 is 0 Å². The van der Waals surface area contributed by atoms with Crippen LogP contribution >= 0.6 is 11.3 Å². The number of nitrogens with one attached hydrogen (secondary N) is 2. The van der Waals surface area contributed by atoms with Gasteiger partial charge in [-0.25, -0.2) is 0 Å². The van der Waals surface area contributed by atoms with Crippen LogP contribution < -0.4 is 20.3 Å². The van der Waals surface area contributed by atoms with Crippen molar-refractivity contribution in [3.8, 4) is 5.75 Å².